The Hall–Kier alpha value is 0.606. The monoisotopic (exact) mass is 126 g/mol. The first kappa shape index (κ1) is 9.79. The van der Waals surface area contributed by atoms with Gasteiger partial charge in [0.05, 0.1) is 0 Å². The van der Waals surface area contributed by atoms with E-state index in [1.165, 1.54) is 0 Å². The molecule has 0 fully saturated rings. The molecule has 0 rings (SSSR count). The zero-order chi connectivity index (χ0) is 4.50. The van der Waals surface area contributed by atoms with E-state index in [0.29, 0.717) is 0 Å². The van der Waals surface area contributed by atoms with Gasteiger partial charge in [-0.05, 0) is 0 Å². The van der Waals surface area contributed by atoms with Gasteiger partial charge in [0, 0.05) is 0 Å². The molecule has 6 heteroatoms. The Bertz CT molecular complexity index is 100. The minimum absolute atomic E-state index is 0. The van der Waals surface area contributed by atoms with E-state index in [9.17, 15) is 3.89 Å². The van der Waals surface area contributed by atoms with Crippen LogP contribution in [0.5, 0.6) is 0 Å². The summed E-state index contributed by atoms with van der Waals surface area (Å²) in [6.45, 7) is 0. The molecular formula is H3FMgO3S. The molecule has 0 aliphatic heterocycles. The second-order valence-electron chi connectivity index (χ2n) is 0.412. The topological polar surface area (TPSA) is 54.4 Å². The molecule has 0 aromatic carbocycles. The van der Waals surface area contributed by atoms with Crippen molar-refractivity contribution in [3.05, 3.63) is 0 Å². The molecule has 1 N–H and O–H groups in total. The van der Waals surface area contributed by atoms with Crippen molar-refractivity contribution in [3.8, 4) is 0 Å². The summed E-state index contributed by atoms with van der Waals surface area (Å²) in [6.07, 6.45) is 0. The fraction of sp³-hybridized carbons (Fsp3) is 0. The molecule has 0 saturated heterocycles. The molecule has 3 nitrogen and oxygen atoms in total. The fourth-order valence-electron chi connectivity index (χ4n) is 0. The van der Waals surface area contributed by atoms with Gasteiger partial charge in [0.15, 0.2) is 0 Å². The third-order valence-electron chi connectivity index (χ3n) is 0. The summed E-state index contributed by atoms with van der Waals surface area (Å²) >= 11 is 0. The second-order valence-corrected chi connectivity index (χ2v) is 1.24. The van der Waals surface area contributed by atoms with Crippen LogP contribution in [-0.2, 0) is 10.5 Å². The Balaban J connectivity index is -0.0000000267. The van der Waals surface area contributed by atoms with Gasteiger partial charge in [0.1, 0.15) is 0 Å². The molecule has 0 aromatic heterocycles. The Labute approximate surface area is 53.7 Å². The van der Waals surface area contributed by atoms with Crippen LogP contribution in [0.25, 0.3) is 0 Å². The summed E-state index contributed by atoms with van der Waals surface area (Å²) in [4.78, 5) is 0. The Morgan fingerprint density at radius 1 is 1.67 bits per heavy atom. The van der Waals surface area contributed by atoms with E-state index in [0.717, 1.165) is 0 Å². The first-order chi connectivity index (χ1) is 2.00. The summed E-state index contributed by atoms with van der Waals surface area (Å²) in [5.74, 6) is 0. The molecule has 6 heavy (non-hydrogen) atoms. The smallest absolute Gasteiger partial charge is 1.00 e. The summed E-state index contributed by atoms with van der Waals surface area (Å²) < 4.78 is 34.1. The van der Waals surface area contributed by atoms with Crippen LogP contribution in [0.15, 0.2) is 0 Å². The van der Waals surface area contributed by atoms with E-state index in [1.807, 2.05) is 0 Å². The third-order valence-corrected chi connectivity index (χ3v) is 0. The molecule has 0 aromatic rings. The van der Waals surface area contributed by atoms with Crippen LogP contribution in [0.1, 0.15) is 2.85 Å². The van der Waals surface area contributed by atoms with E-state index in [1.54, 1.807) is 0 Å². The second kappa shape index (κ2) is 2.73. The van der Waals surface area contributed by atoms with Gasteiger partial charge in [-0.25, -0.2) is 0 Å². The first-order valence-corrected chi connectivity index (χ1v) is 2.01. The van der Waals surface area contributed by atoms with Crippen molar-refractivity contribution in [2.45, 2.75) is 0 Å². The molecule has 0 atom stereocenters. The van der Waals surface area contributed by atoms with Crippen molar-refractivity contribution in [3.63, 3.8) is 0 Å². The predicted octanol–water partition coefficient (Wildman–Crippen LogP) is -0.397. The summed E-state index contributed by atoms with van der Waals surface area (Å²) in [7, 11) is -5.17. The van der Waals surface area contributed by atoms with Crippen LogP contribution >= 0.6 is 0 Å². The van der Waals surface area contributed by atoms with Gasteiger partial charge in [0.25, 0.3) is 0 Å². The molecule has 0 spiro atoms. The average molecular weight is 126 g/mol. The predicted molar refractivity (Wildman–Crippen MR) is 20.6 cm³/mol. The molecule has 0 heterocycles. The van der Waals surface area contributed by atoms with Crippen molar-refractivity contribution in [1.82, 2.24) is 0 Å². The Kier molecular flexibility index (Phi) is 4.45. The van der Waals surface area contributed by atoms with Crippen molar-refractivity contribution in [2.75, 3.05) is 0 Å². The van der Waals surface area contributed by atoms with Gasteiger partial charge in [-0.15, -0.1) is 0 Å². The minimum Gasteiger partial charge on any atom is -1.00 e. The molecule has 36 valence electrons. The third kappa shape index (κ3) is 163. The maximum Gasteiger partial charge on any atom is 2.00 e. The van der Waals surface area contributed by atoms with Gasteiger partial charge in [-0.1, -0.05) is 3.89 Å². The van der Waals surface area contributed by atoms with Crippen molar-refractivity contribution in [2.24, 2.45) is 0 Å². The number of hydrogen-bond acceptors (Lipinski definition) is 2. The van der Waals surface area contributed by atoms with Gasteiger partial charge in [-0.2, -0.15) is 8.42 Å². The summed E-state index contributed by atoms with van der Waals surface area (Å²) in [5.41, 5.74) is 0. The number of halogens is 1. The normalized spacial score (nSPS) is 9.67. The van der Waals surface area contributed by atoms with Crippen molar-refractivity contribution >= 4 is 33.6 Å². The van der Waals surface area contributed by atoms with Crippen LogP contribution in [0, 0.1) is 0 Å². The van der Waals surface area contributed by atoms with Crippen LogP contribution in [0.2, 0.25) is 0 Å². The molecule has 0 saturated carbocycles. The molecule has 0 unspecified atom stereocenters. The van der Waals surface area contributed by atoms with Gasteiger partial charge >= 0.3 is 33.6 Å². The van der Waals surface area contributed by atoms with E-state index in [2.05, 4.69) is 0 Å². The zero-order valence-electron chi connectivity index (χ0n) is 4.76. The zero-order valence-corrected chi connectivity index (χ0v) is 4.99. The maximum absolute atomic E-state index is 10.2. The fourth-order valence-corrected chi connectivity index (χ4v) is 0. The van der Waals surface area contributed by atoms with Crippen LogP contribution in [0.4, 0.5) is 3.89 Å². The minimum atomic E-state index is -5.17. The number of rotatable bonds is 0. The molecule has 0 aliphatic carbocycles. The molecule has 0 bridgehead atoms. The van der Waals surface area contributed by atoms with Gasteiger partial charge in [0.2, 0.25) is 0 Å². The van der Waals surface area contributed by atoms with E-state index in [4.69, 9.17) is 13.0 Å². The van der Waals surface area contributed by atoms with Crippen molar-refractivity contribution < 1.29 is 19.7 Å². The van der Waals surface area contributed by atoms with E-state index >= 15 is 0 Å². The van der Waals surface area contributed by atoms with Gasteiger partial charge < -0.3 is 2.85 Å². The van der Waals surface area contributed by atoms with Crippen LogP contribution in [0.3, 0.4) is 0 Å². The van der Waals surface area contributed by atoms with E-state index < -0.39 is 10.5 Å². The summed E-state index contributed by atoms with van der Waals surface area (Å²) in [5, 5.41) is 0. The molecule has 0 amide bonds. The standard InChI is InChI=1S/FHO3S.Mg.2H/c1-5(2,3)4;;;/h(H,2,3,4);;;/q;+2;2*-1. The largest absolute Gasteiger partial charge is 2.00 e. The molecule has 0 radical (unpaired) electrons. The summed E-state index contributed by atoms with van der Waals surface area (Å²) in [6, 6.07) is 0. The Morgan fingerprint density at radius 2 is 1.67 bits per heavy atom. The van der Waals surface area contributed by atoms with E-state index in [-0.39, 0.29) is 25.9 Å². The van der Waals surface area contributed by atoms with Crippen molar-refractivity contribution in [1.29, 1.82) is 0 Å². The quantitative estimate of drug-likeness (QED) is 0.273. The van der Waals surface area contributed by atoms with Crippen LogP contribution in [-0.4, -0.2) is 36.0 Å². The number of hydrogen-bond donors (Lipinski definition) is 1. The first-order valence-electron chi connectivity index (χ1n) is 0.670. The average Bonchev–Trinajstić information content (AvgIpc) is 0.722. The van der Waals surface area contributed by atoms with Crippen LogP contribution < -0.4 is 0 Å². The molecule has 0 aliphatic rings. The SMILES string of the molecule is O=S(=O)(O)F.[H-].[H-].[Mg+2]. The molecular weight excluding hydrogens is 123 g/mol. The Morgan fingerprint density at radius 3 is 1.67 bits per heavy atom. The van der Waals surface area contributed by atoms with Gasteiger partial charge in [-0.3, -0.25) is 4.55 Å². The maximum atomic E-state index is 10.2.